The Morgan fingerprint density at radius 3 is 1.66 bits per heavy atom. The van der Waals surface area contributed by atoms with Crippen LogP contribution >= 0.6 is 11.6 Å². The Morgan fingerprint density at radius 1 is 0.886 bits per heavy atom. The minimum Gasteiger partial charge on any atom is -0.510 e. The number of esters is 1. The number of aliphatic hydroxyl groups excluding tert-OH is 1. The predicted octanol–water partition coefficient (Wildman–Crippen LogP) is 2.55. The Morgan fingerprint density at radius 2 is 1.29 bits per heavy atom. The average molecular weight is 515 g/mol. The lowest BCUT2D eigenvalue weighted by molar-refractivity contribution is -0.138. The van der Waals surface area contributed by atoms with Crippen molar-refractivity contribution in [3.63, 3.8) is 0 Å². The van der Waals surface area contributed by atoms with Crippen LogP contribution in [0.15, 0.2) is 23.7 Å². The van der Waals surface area contributed by atoms with E-state index in [2.05, 4.69) is 22.2 Å². The number of halogens is 1. The van der Waals surface area contributed by atoms with E-state index in [0.717, 1.165) is 51.4 Å². The Labute approximate surface area is 210 Å². The molecule has 2 fully saturated rings. The number of amides is 2. The molecule has 0 radical (unpaired) electrons. The predicted molar refractivity (Wildman–Crippen MR) is 127 cm³/mol. The van der Waals surface area contributed by atoms with Crippen molar-refractivity contribution in [3.05, 3.63) is 23.7 Å². The molecule has 2 aliphatic carbocycles. The van der Waals surface area contributed by atoms with Crippen LogP contribution in [-0.2, 0) is 33.4 Å². The average Bonchev–Trinajstić information content (AvgIpc) is 3.23. The maximum absolute atomic E-state index is 11.4. The summed E-state index contributed by atoms with van der Waals surface area (Å²) >= 11 is 4.64. The number of hydrogen-bond donors (Lipinski definition) is 3. The summed E-state index contributed by atoms with van der Waals surface area (Å²) in [7, 11) is 3.39. The number of ether oxygens (including phenoxy) is 3. The van der Waals surface area contributed by atoms with Gasteiger partial charge in [-0.1, -0.05) is 0 Å². The highest BCUT2D eigenvalue weighted by atomic mass is 35.5. The zero-order valence-corrected chi connectivity index (χ0v) is 21.4. The van der Waals surface area contributed by atoms with Gasteiger partial charge in [0.05, 0.1) is 23.3 Å². The van der Waals surface area contributed by atoms with Gasteiger partial charge in [-0.25, -0.2) is 0 Å². The number of aliphatic hydroxyl groups is 1. The molecule has 4 rings (SSSR count). The molecule has 0 atom stereocenters. The lowest BCUT2D eigenvalue weighted by atomic mass is 9.80. The van der Waals surface area contributed by atoms with Crippen LogP contribution in [0.2, 0.25) is 0 Å². The lowest BCUT2D eigenvalue weighted by Gasteiger charge is -2.37. The maximum atomic E-state index is 11.4. The number of rotatable bonds is 3. The molecular formula is C24H35ClN2O8. The number of methoxy groups -OCH3 is 2. The van der Waals surface area contributed by atoms with Crippen molar-refractivity contribution in [1.29, 1.82) is 0 Å². The van der Waals surface area contributed by atoms with E-state index in [0.29, 0.717) is 5.76 Å². The summed E-state index contributed by atoms with van der Waals surface area (Å²) in [6.07, 6.45) is 9.67. The van der Waals surface area contributed by atoms with Crippen LogP contribution in [0.3, 0.4) is 0 Å². The number of nitrogens with one attached hydrogen (secondary N) is 2. The Balaban J connectivity index is 0.000000217. The van der Waals surface area contributed by atoms with E-state index in [1.54, 1.807) is 14.2 Å². The summed E-state index contributed by atoms with van der Waals surface area (Å²) in [6.45, 7) is 2.64. The van der Waals surface area contributed by atoms with E-state index in [1.165, 1.54) is 26.0 Å². The molecule has 0 aromatic heterocycles. The fourth-order valence-corrected chi connectivity index (χ4v) is 4.86. The second-order valence-electron chi connectivity index (χ2n) is 9.11. The summed E-state index contributed by atoms with van der Waals surface area (Å²) in [5.41, 5.74) is -0.968. The van der Waals surface area contributed by atoms with Crippen LogP contribution in [0.1, 0.15) is 65.2 Å². The van der Waals surface area contributed by atoms with Crippen LogP contribution in [0.5, 0.6) is 0 Å². The SMILES string of the molecule is CC(=O)Cl.COC1CCC2(CC1)NC(=O)C=C2O.COC1CCC2(CC1)NC(=O)C=C2OC(C)=O. The van der Waals surface area contributed by atoms with Crippen LogP contribution in [-0.4, -0.2) is 65.6 Å². The van der Waals surface area contributed by atoms with Gasteiger partial charge in [-0.05, 0) is 63.0 Å². The van der Waals surface area contributed by atoms with Gasteiger partial charge >= 0.3 is 5.97 Å². The number of carbonyl (C=O) groups excluding carboxylic acids is 4. The number of hydrogen-bond acceptors (Lipinski definition) is 8. The fraction of sp³-hybridized carbons (Fsp3) is 0.667. The summed E-state index contributed by atoms with van der Waals surface area (Å²) in [4.78, 5) is 42.8. The Hall–Kier alpha value is -2.43. The highest BCUT2D eigenvalue weighted by molar-refractivity contribution is 6.62. The molecule has 0 saturated heterocycles. The molecule has 2 heterocycles. The topological polar surface area (TPSA) is 140 Å². The highest BCUT2D eigenvalue weighted by Crippen LogP contribution is 2.39. The Kier molecular flexibility index (Phi) is 10.3. The van der Waals surface area contributed by atoms with Crippen LogP contribution in [0.4, 0.5) is 0 Å². The van der Waals surface area contributed by atoms with E-state index in [4.69, 9.17) is 14.2 Å². The van der Waals surface area contributed by atoms with Crippen molar-refractivity contribution >= 4 is 34.6 Å². The third-order valence-electron chi connectivity index (χ3n) is 6.71. The highest BCUT2D eigenvalue weighted by Gasteiger charge is 2.46. The first-order valence-electron chi connectivity index (χ1n) is 11.6. The van der Waals surface area contributed by atoms with Gasteiger partial charge in [0.25, 0.3) is 0 Å². The molecule has 2 amide bonds. The van der Waals surface area contributed by atoms with E-state index in [1.807, 2.05) is 0 Å². The van der Waals surface area contributed by atoms with E-state index < -0.39 is 11.1 Å². The van der Waals surface area contributed by atoms with Crippen LogP contribution < -0.4 is 10.6 Å². The first-order chi connectivity index (χ1) is 16.4. The summed E-state index contributed by atoms with van der Waals surface area (Å²) < 4.78 is 15.7. The molecule has 35 heavy (non-hydrogen) atoms. The second kappa shape index (κ2) is 12.5. The zero-order chi connectivity index (χ0) is 26.2. The van der Waals surface area contributed by atoms with Gasteiger partial charge in [-0.2, -0.15) is 0 Å². The molecule has 4 aliphatic rings. The molecule has 0 aromatic rings. The monoisotopic (exact) mass is 514 g/mol. The standard InChI is InChI=1S/C12H17NO4.C10H15NO3.C2H3ClO/c1-8(14)17-10-7-11(15)13-12(10)5-3-9(16-2)4-6-12;1-14-7-2-4-10(5-3-7)8(12)6-9(13)11-10;1-2(3)4/h7,9H,3-6H2,1-2H3,(H,13,15);6-7,12H,2-5H2,1H3,(H,11,13);1H3. The van der Waals surface area contributed by atoms with Gasteiger partial charge in [0.1, 0.15) is 11.5 Å². The molecule has 2 saturated carbocycles. The molecule has 2 aliphatic heterocycles. The number of carbonyl (C=O) groups is 4. The molecule has 0 aromatic carbocycles. The molecular weight excluding hydrogens is 480 g/mol. The quantitative estimate of drug-likeness (QED) is 0.385. The Bertz CT molecular complexity index is 865. The smallest absolute Gasteiger partial charge is 0.307 e. The van der Waals surface area contributed by atoms with Crippen molar-refractivity contribution in [2.24, 2.45) is 0 Å². The molecule has 196 valence electrons. The van der Waals surface area contributed by atoms with Crippen LogP contribution in [0.25, 0.3) is 0 Å². The first kappa shape index (κ1) is 28.8. The lowest BCUT2D eigenvalue weighted by Crippen LogP contribution is -2.49. The van der Waals surface area contributed by atoms with Gasteiger partial charge in [0.15, 0.2) is 0 Å². The molecule has 3 N–H and O–H groups in total. The summed E-state index contributed by atoms with van der Waals surface area (Å²) in [5, 5.41) is 15.0. The minimum atomic E-state index is -0.488. The van der Waals surface area contributed by atoms with Crippen molar-refractivity contribution in [1.82, 2.24) is 10.6 Å². The van der Waals surface area contributed by atoms with E-state index >= 15 is 0 Å². The van der Waals surface area contributed by atoms with E-state index in [9.17, 15) is 24.3 Å². The molecule has 2 spiro atoms. The first-order valence-corrected chi connectivity index (χ1v) is 12.0. The van der Waals surface area contributed by atoms with E-state index in [-0.39, 0.29) is 41.0 Å². The van der Waals surface area contributed by atoms with Crippen LogP contribution in [0, 0.1) is 0 Å². The summed E-state index contributed by atoms with van der Waals surface area (Å²) in [6, 6.07) is 0. The fourth-order valence-electron chi connectivity index (χ4n) is 4.86. The van der Waals surface area contributed by atoms with Crippen molar-refractivity contribution in [2.75, 3.05) is 14.2 Å². The normalized spacial score (nSPS) is 31.2. The van der Waals surface area contributed by atoms with Crippen molar-refractivity contribution in [3.8, 4) is 0 Å². The molecule has 10 nitrogen and oxygen atoms in total. The molecule has 0 unspecified atom stereocenters. The second-order valence-corrected chi connectivity index (χ2v) is 9.65. The van der Waals surface area contributed by atoms with Gasteiger partial charge in [0, 0.05) is 40.2 Å². The minimum absolute atomic E-state index is 0.182. The molecule has 11 heteroatoms. The van der Waals surface area contributed by atoms with Gasteiger partial charge < -0.3 is 30.0 Å². The largest absolute Gasteiger partial charge is 0.510 e. The van der Waals surface area contributed by atoms with Gasteiger partial charge in [0.2, 0.25) is 17.1 Å². The van der Waals surface area contributed by atoms with Gasteiger partial charge in [-0.15, -0.1) is 0 Å². The third-order valence-corrected chi connectivity index (χ3v) is 6.71. The summed E-state index contributed by atoms with van der Waals surface area (Å²) in [5.74, 6) is -0.0990. The van der Waals surface area contributed by atoms with Gasteiger partial charge in [-0.3, -0.25) is 19.2 Å². The molecule has 0 bridgehead atoms. The third kappa shape index (κ3) is 7.78. The zero-order valence-electron chi connectivity index (χ0n) is 20.6. The van der Waals surface area contributed by atoms with Crippen molar-refractivity contribution < 1.29 is 38.5 Å². The van der Waals surface area contributed by atoms with Crippen molar-refractivity contribution in [2.45, 2.75) is 88.5 Å². The maximum Gasteiger partial charge on any atom is 0.307 e.